The fourth-order valence-electron chi connectivity index (χ4n) is 4.19. The summed E-state index contributed by atoms with van der Waals surface area (Å²) in [7, 11) is 0. The highest BCUT2D eigenvalue weighted by molar-refractivity contribution is 5.91. The smallest absolute Gasteiger partial charge is 0.226 e. The van der Waals surface area contributed by atoms with Crippen molar-refractivity contribution in [1.29, 1.82) is 0 Å². The van der Waals surface area contributed by atoms with Crippen LogP contribution >= 0.6 is 0 Å². The number of aliphatic hydroxyl groups excluding tert-OH is 1. The number of nitrogens with zero attached hydrogens (tertiary/aromatic N) is 1. The number of ether oxygens (including phenoxy) is 1. The van der Waals surface area contributed by atoms with Crippen LogP contribution in [0.5, 0.6) is 0 Å². The molecule has 0 bridgehead atoms. The molecule has 2 heterocycles. The van der Waals surface area contributed by atoms with Crippen LogP contribution in [0.15, 0.2) is 79.1 Å². The van der Waals surface area contributed by atoms with Crippen LogP contribution in [0.4, 0.5) is 5.69 Å². The van der Waals surface area contributed by atoms with Crippen molar-refractivity contribution < 1.29 is 19.4 Å². The van der Waals surface area contributed by atoms with Gasteiger partial charge in [0.1, 0.15) is 6.10 Å². The van der Waals surface area contributed by atoms with Crippen molar-refractivity contribution in [2.24, 2.45) is 0 Å². The summed E-state index contributed by atoms with van der Waals surface area (Å²) >= 11 is 0. The van der Waals surface area contributed by atoms with Crippen molar-refractivity contribution in [1.82, 2.24) is 10.3 Å². The van der Waals surface area contributed by atoms with Crippen LogP contribution in [-0.2, 0) is 20.7 Å². The second-order valence-electron chi connectivity index (χ2n) is 8.46. The number of rotatable bonds is 8. The topological polar surface area (TPSA) is 101 Å². The van der Waals surface area contributed by atoms with Gasteiger partial charge >= 0.3 is 0 Å². The molecular weight excluding hydrogens is 430 g/mol. The Balaban J connectivity index is 1.25. The van der Waals surface area contributed by atoms with Crippen LogP contribution in [0.1, 0.15) is 24.8 Å². The molecule has 4 rings (SSSR count). The molecule has 7 heteroatoms. The number of hydrogen-bond donors (Lipinski definition) is 3. The number of anilines is 1. The standard InChI is InChI=1S/C27H29N3O4/c31-18-25-24(30-26(32)15-19-5-4-14-28-17-19)13-12-23(34-25)16-27(33)29-22-10-8-21(9-11-22)20-6-2-1-3-7-20/h1-11,14,17,23-25,31H,12-13,15-16,18H2,(H,29,33)(H,30,32)/t23-,24+,25+/m1/s1. The predicted octanol–water partition coefficient (Wildman–Crippen LogP) is 3.34. The number of carbonyl (C=O) groups is 2. The Kier molecular flexibility index (Phi) is 8.01. The molecule has 1 fully saturated rings. The lowest BCUT2D eigenvalue weighted by Crippen LogP contribution is -2.51. The van der Waals surface area contributed by atoms with E-state index in [2.05, 4.69) is 15.6 Å². The molecule has 2 amide bonds. The van der Waals surface area contributed by atoms with E-state index in [1.165, 1.54) is 0 Å². The molecule has 2 aromatic carbocycles. The highest BCUT2D eigenvalue weighted by atomic mass is 16.5. The fourth-order valence-corrected chi connectivity index (χ4v) is 4.19. The number of nitrogens with one attached hydrogen (secondary N) is 2. The van der Waals surface area contributed by atoms with Crippen molar-refractivity contribution in [3.05, 3.63) is 84.7 Å². The van der Waals surface area contributed by atoms with Gasteiger partial charge in [-0.1, -0.05) is 48.5 Å². The largest absolute Gasteiger partial charge is 0.394 e. The minimum absolute atomic E-state index is 0.143. The van der Waals surface area contributed by atoms with E-state index in [4.69, 9.17) is 4.74 Å². The molecule has 1 aliphatic heterocycles. The predicted molar refractivity (Wildman–Crippen MR) is 130 cm³/mol. The number of amides is 2. The zero-order valence-corrected chi connectivity index (χ0v) is 18.9. The van der Waals surface area contributed by atoms with Gasteiger partial charge in [-0.25, -0.2) is 0 Å². The van der Waals surface area contributed by atoms with Crippen LogP contribution < -0.4 is 10.6 Å². The molecule has 34 heavy (non-hydrogen) atoms. The number of pyridine rings is 1. The number of hydrogen-bond acceptors (Lipinski definition) is 5. The Morgan fingerprint density at radius 1 is 0.941 bits per heavy atom. The van der Waals surface area contributed by atoms with E-state index in [1.807, 2.05) is 60.7 Å². The summed E-state index contributed by atoms with van der Waals surface area (Å²) in [6, 6.07) is 21.1. The first-order chi connectivity index (χ1) is 16.6. The molecule has 1 aliphatic rings. The molecule has 3 atom stereocenters. The van der Waals surface area contributed by atoms with Gasteiger partial charge in [-0.3, -0.25) is 14.6 Å². The summed E-state index contributed by atoms with van der Waals surface area (Å²) in [4.78, 5) is 29.0. The average Bonchev–Trinajstić information content (AvgIpc) is 2.86. The minimum atomic E-state index is -0.547. The van der Waals surface area contributed by atoms with E-state index < -0.39 is 6.10 Å². The van der Waals surface area contributed by atoms with E-state index in [-0.39, 0.29) is 43.4 Å². The van der Waals surface area contributed by atoms with Gasteiger partial charge in [0, 0.05) is 18.1 Å². The van der Waals surface area contributed by atoms with Crippen LogP contribution in [-0.4, -0.2) is 46.8 Å². The van der Waals surface area contributed by atoms with Crippen LogP contribution in [0, 0.1) is 0 Å². The molecule has 0 saturated carbocycles. The third kappa shape index (κ3) is 6.50. The van der Waals surface area contributed by atoms with Crippen molar-refractivity contribution in [2.45, 2.75) is 43.9 Å². The van der Waals surface area contributed by atoms with Crippen LogP contribution in [0.3, 0.4) is 0 Å². The second kappa shape index (κ2) is 11.5. The third-order valence-corrected chi connectivity index (χ3v) is 5.92. The lowest BCUT2D eigenvalue weighted by atomic mass is 9.96. The van der Waals surface area contributed by atoms with Gasteiger partial charge < -0.3 is 20.5 Å². The molecule has 0 spiro atoms. The first kappa shape index (κ1) is 23.6. The Morgan fingerprint density at radius 3 is 2.41 bits per heavy atom. The van der Waals surface area contributed by atoms with E-state index in [9.17, 15) is 14.7 Å². The summed E-state index contributed by atoms with van der Waals surface area (Å²) < 4.78 is 5.95. The Bertz CT molecular complexity index is 1070. The molecule has 3 N–H and O–H groups in total. The third-order valence-electron chi connectivity index (χ3n) is 5.92. The molecule has 0 radical (unpaired) electrons. The maximum Gasteiger partial charge on any atom is 0.226 e. The molecule has 7 nitrogen and oxygen atoms in total. The fraction of sp³-hybridized carbons (Fsp3) is 0.296. The molecule has 0 aliphatic carbocycles. The van der Waals surface area contributed by atoms with Crippen LogP contribution in [0.2, 0.25) is 0 Å². The monoisotopic (exact) mass is 459 g/mol. The lowest BCUT2D eigenvalue weighted by molar-refractivity contribution is -0.133. The summed E-state index contributed by atoms with van der Waals surface area (Å²) in [5, 5.41) is 15.6. The van der Waals surface area contributed by atoms with Crippen molar-refractivity contribution in [3.8, 4) is 11.1 Å². The van der Waals surface area contributed by atoms with E-state index in [0.29, 0.717) is 12.8 Å². The van der Waals surface area contributed by atoms with Gasteiger partial charge in [0.05, 0.1) is 31.6 Å². The SMILES string of the molecule is O=C(C[C@H]1CC[C@H](NC(=O)Cc2cccnc2)[C@H](CO)O1)Nc1ccc(-c2ccccc2)cc1. The van der Waals surface area contributed by atoms with Gasteiger partial charge in [0.15, 0.2) is 0 Å². The number of carbonyl (C=O) groups excluding carboxylic acids is 2. The summed E-state index contributed by atoms with van der Waals surface area (Å²) in [5.41, 5.74) is 3.74. The van der Waals surface area contributed by atoms with Crippen molar-refractivity contribution >= 4 is 17.5 Å². The molecular formula is C27H29N3O4. The molecule has 0 unspecified atom stereocenters. The number of aliphatic hydroxyl groups is 1. The molecule has 1 aromatic heterocycles. The zero-order valence-electron chi connectivity index (χ0n) is 18.9. The Hall–Kier alpha value is -3.55. The first-order valence-corrected chi connectivity index (χ1v) is 11.5. The second-order valence-corrected chi connectivity index (χ2v) is 8.46. The van der Waals surface area contributed by atoms with Gasteiger partial charge in [-0.2, -0.15) is 0 Å². The molecule has 3 aromatic rings. The number of aromatic nitrogens is 1. The van der Waals surface area contributed by atoms with Crippen molar-refractivity contribution in [3.63, 3.8) is 0 Å². The van der Waals surface area contributed by atoms with Crippen LogP contribution in [0.25, 0.3) is 11.1 Å². The average molecular weight is 460 g/mol. The zero-order chi connectivity index (χ0) is 23.8. The van der Waals surface area contributed by atoms with Gasteiger partial charge in [-0.05, 0) is 47.7 Å². The molecule has 176 valence electrons. The van der Waals surface area contributed by atoms with E-state index in [0.717, 1.165) is 22.4 Å². The summed E-state index contributed by atoms with van der Waals surface area (Å²) in [6.07, 6.45) is 4.12. The van der Waals surface area contributed by atoms with E-state index >= 15 is 0 Å². The lowest BCUT2D eigenvalue weighted by Gasteiger charge is -2.36. The maximum absolute atomic E-state index is 12.6. The highest BCUT2D eigenvalue weighted by Gasteiger charge is 2.32. The van der Waals surface area contributed by atoms with Gasteiger partial charge in [0.25, 0.3) is 0 Å². The summed E-state index contributed by atoms with van der Waals surface area (Å²) in [6.45, 7) is -0.225. The Morgan fingerprint density at radius 2 is 1.71 bits per heavy atom. The Labute approximate surface area is 199 Å². The van der Waals surface area contributed by atoms with Gasteiger partial charge in [-0.15, -0.1) is 0 Å². The highest BCUT2D eigenvalue weighted by Crippen LogP contribution is 2.24. The van der Waals surface area contributed by atoms with Gasteiger partial charge in [0.2, 0.25) is 11.8 Å². The van der Waals surface area contributed by atoms with E-state index in [1.54, 1.807) is 18.5 Å². The normalized spacial score (nSPS) is 19.9. The molecule has 1 saturated heterocycles. The number of benzene rings is 2. The minimum Gasteiger partial charge on any atom is -0.394 e. The first-order valence-electron chi connectivity index (χ1n) is 11.5. The maximum atomic E-state index is 12.6. The van der Waals surface area contributed by atoms with Crippen molar-refractivity contribution in [2.75, 3.05) is 11.9 Å². The quantitative estimate of drug-likeness (QED) is 0.480. The summed E-state index contributed by atoms with van der Waals surface area (Å²) in [5.74, 6) is -0.289.